The molecule has 2 aromatic heterocycles. The predicted molar refractivity (Wildman–Crippen MR) is 239 cm³/mol. The van der Waals surface area contributed by atoms with Gasteiger partial charge in [0.15, 0.2) is 5.82 Å². The number of fused-ring (bicyclic) bond motifs is 3. The highest BCUT2D eigenvalue weighted by Crippen LogP contribution is 2.30. The number of nitrogens with two attached hydrogens (primary N) is 2. The number of hydrogen-bond donors (Lipinski definition) is 7. The molecule has 0 saturated carbocycles. The number of imidazole rings is 1. The summed E-state index contributed by atoms with van der Waals surface area (Å²) in [5, 5.41) is 22.4. The van der Waals surface area contributed by atoms with E-state index in [1.54, 1.807) is 45.0 Å². The summed E-state index contributed by atoms with van der Waals surface area (Å²) in [6.45, 7) is 5.30. The summed E-state index contributed by atoms with van der Waals surface area (Å²) in [7, 11) is 0. The van der Waals surface area contributed by atoms with E-state index in [1.165, 1.54) is 4.90 Å². The Morgan fingerprint density at radius 1 is 0.909 bits per heavy atom. The van der Waals surface area contributed by atoms with Crippen LogP contribution >= 0.6 is 0 Å². The maximum Gasteiger partial charge on any atom is 0.410 e. The van der Waals surface area contributed by atoms with E-state index in [0.29, 0.717) is 58.0 Å². The van der Waals surface area contributed by atoms with Gasteiger partial charge in [-0.1, -0.05) is 36.8 Å². The summed E-state index contributed by atoms with van der Waals surface area (Å²) in [6, 6.07) is 12.2. The van der Waals surface area contributed by atoms with Crippen molar-refractivity contribution in [2.45, 2.75) is 110 Å². The van der Waals surface area contributed by atoms with Crippen LogP contribution in [0.25, 0.3) is 21.9 Å². The molecule has 4 aromatic rings. The number of hydroxylamine groups is 2. The molecule has 1 saturated heterocycles. The number of nitrogen functional groups attached to an aromatic ring is 1. The normalized spacial score (nSPS) is 13.1. The fourth-order valence-corrected chi connectivity index (χ4v) is 7.05. The maximum atomic E-state index is 13.4. The number of aromatic nitrogens is 3. The van der Waals surface area contributed by atoms with Crippen LogP contribution in [0, 0.1) is 0 Å². The van der Waals surface area contributed by atoms with Crippen molar-refractivity contribution in [1.29, 1.82) is 0 Å². The number of rotatable bonds is 23. The van der Waals surface area contributed by atoms with Crippen LogP contribution in [-0.2, 0) is 58.0 Å². The zero-order valence-electron chi connectivity index (χ0n) is 37.2. The molecule has 8 amide bonds. The highest BCUT2D eigenvalue weighted by Gasteiger charge is 2.33. The van der Waals surface area contributed by atoms with Gasteiger partial charge >= 0.3 is 18.1 Å². The quantitative estimate of drug-likeness (QED) is 0.0416. The van der Waals surface area contributed by atoms with Crippen molar-refractivity contribution in [1.82, 2.24) is 40.4 Å². The molecule has 0 radical (unpaired) electrons. The van der Waals surface area contributed by atoms with Gasteiger partial charge < -0.3 is 56.9 Å². The van der Waals surface area contributed by atoms with Gasteiger partial charge in [0, 0.05) is 49.8 Å². The Morgan fingerprint density at radius 3 is 2.29 bits per heavy atom. The number of amides is 8. The first-order valence-electron chi connectivity index (χ1n) is 21.7. The van der Waals surface area contributed by atoms with Gasteiger partial charge in [0.25, 0.3) is 11.8 Å². The molecule has 1 aliphatic rings. The summed E-state index contributed by atoms with van der Waals surface area (Å²) in [4.78, 5) is 114. The molecule has 0 bridgehead atoms. The number of ether oxygens (including phenoxy) is 1. The summed E-state index contributed by atoms with van der Waals surface area (Å²) >= 11 is 0. The van der Waals surface area contributed by atoms with Crippen LogP contribution in [0.3, 0.4) is 0 Å². The molecule has 22 heteroatoms. The van der Waals surface area contributed by atoms with E-state index < -0.39 is 65.8 Å². The molecule has 66 heavy (non-hydrogen) atoms. The molecule has 1 aliphatic heterocycles. The zero-order chi connectivity index (χ0) is 48.0. The molecule has 22 nitrogen and oxygen atoms in total. The Balaban J connectivity index is 1.10. The first kappa shape index (κ1) is 49.7. The standard InChI is InChI=1S/C44H57N11O11/c1-4-53(24-32-52-38-39(54(32)26-44(2,3)64)29-11-8-9-12-30(29)51-40(38)45)43(63)65-25-27-16-18-28(19-17-27)49-41(61)31(13-10-22-47-42(46)62)50-34(57)23-48-33(56)14-6-5-7-15-37(60)66-55-35(58)20-21-36(55)59/h8-9,11-12,16-19,31,64H,4-7,10,13-15,20-26H2,1-3H3,(H2,45,51)(H,48,56)(H,49,61)(H,50,57)(H3,46,47,62)/t31-/m0/s1. The lowest BCUT2D eigenvalue weighted by atomic mass is 10.1. The molecule has 3 heterocycles. The molecule has 354 valence electrons. The molecule has 1 fully saturated rings. The second-order valence-electron chi connectivity index (χ2n) is 16.3. The molecular formula is C44H57N11O11. The van der Waals surface area contributed by atoms with Crippen LogP contribution in [0.15, 0.2) is 48.5 Å². The largest absolute Gasteiger partial charge is 0.445 e. The Bertz CT molecular complexity index is 2420. The second kappa shape index (κ2) is 23.0. The number of pyridine rings is 1. The third kappa shape index (κ3) is 14.3. The predicted octanol–water partition coefficient (Wildman–Crippen LogP) is 2.64. The van der Waals surface area contributed by atoms with Gasteiger partial charge in [-0.25, -0.2) is 24.4 Å². The van der Waals surface area contributed by atoms with E-state index >= 15 is 0 Å². The Morgan fingerprint density at radius 2 is 1.61 bits per heavy atom. The molecule has 0 unspecified atom stereocenters. The third-order valence-electron chi connectivity index (χ3n) is 10.3. The Labute approximate surface area is 380 Å². The van der Waals surface area contributed by atoms with Gasteiger partial charge in [-0.3, -0.25) is 24.0 Å². The minimum absolute atomic E-state index is 0.00385. The number of primary amides is 1. The van der Waals surface area contributed by atoms with Gasteiger partial charge in [0.05, 0.1) is 36.3 Å². The molecule has 2 aromatic carbocycles. The monoisotopic (exact) mass is 915 g/mol. The maximum absolute atomic E-state index is 13.4. The van der Waals surface area contributed by atoms with Gasteiger partial charge in [0.2, 0.25) is 17.7 Å². The van der Waals surface area contributed by atoms with E-state index in [2.05, 4.69) is 26.3 Å². The summed E-state index contributed by atoms with van der Waals surface area (Å²) in [5.74, 6) is -2.78. The number of carbonyl (C=O) groups excluding carboxylic acids is 8. The number of carbonyl (C=O) groups is 8. The van der Waals surface area contributed by atoms with Crippen molar-refractivity contribution in [3.63, 3.8) is 0 Å². The fourth-order valence-electron chi connectivity index (χ4n) is 7.05. The van der Waals surface area contributed by atoms with Crippen molar-refractivity contribution in [2.75, 3.05) is 30.7 Å². The van der Waals surface area contributed by atoms with Crippen LogP contribution in [0.1, 0.15) is 89.9 Å². The van der Waals surface area contributed by atoms with Crippen LogP contribution in [0.4, 0.5) is 21.1 Å². The zero-order valence-corrected chi connectivity index (χ0v) is 37.2. The van der Waals surface area contributed by atoms with E-state index in [1.807, 2.05) is 28.8 Å². The van der Waals surface area contributed by atoms with Crippen molar-refractivity contribution in [3.8, 4) is 0 Å². The number of aliphatic hydroxyl groups is 1. The molecule has 0 spiro atoms. The lowest BCUT2D eigenvalue weighted by molar-refractivity contribution is -0.197. The average molecular weight is 916 g/mol. The van der Waals surface area contributed by atoms with E-state index in [-0.39, 0.29) is 77.1 Å². The van der Waals surface area contributed by atoms with Gasteiger partial charge in [-0.05, 0) is 70.2 Å². The van der Waals surface area contributed by atoms with E-state index in [9.17, 15) is 43.5 Å². The fraction of sp³-hybridized carbons (Fsp3) is 0.455. The number of nitrogens with one attached hydrogen (secondary N) is 4. The van der Waals surface area contributed by atoms with Crippen LogP contribution < -0.4 is 32.7 Å². The summed E-state index contributed by atoms with van der Waals surface area (Å²) in [5.41, 5.74) is 13.2. The number of urea groups is 1. The SMILES string of the molecule is CCN(Cc1nc2c(N)nc3ccccc3c2n1CC(C)(C)O)C(=O)OCc1ccc(NC(=O)[C@H](CCCNC(N)=O)NC(=O)CNC(=O)CCCCCC(=O)ON2C(=O)CCC2=O)cc1. The van der Waals surface area contributed by atoms with Gasteiger partial charge in [0.1, 0.15) is 24.0 Å². The van der Waals surface area contributed by atoms with Crippen molar-refractivity contribution in [2.24, 2.45) is 5.73 Å². The van der Waals surface area contributed by atoms with E-state index in [0.717, 1.165) is 5.39 Å². The number of anilines is 2. The first-order valence-corrected chi connectivity index (χ1v) is 21.7. The summed E-state index contributed by atoms with van der Waals surface area (Å²) in [6.07, 6.45) is 0.990. The molecule has 1 atom stereocenters. The van der Waals surface area contributed by atoms with Crippen molar-refractivity contribution < 1.29 is 53.0 Å². The van der Waals surface area contributed by atoms with Gasteiger partial charge in [-0.2, -0.15) is 0 Å². The molecular weight excluding hydrogens is 859 g/mol. The highest BCUT2D eigenvalue weighted by atomic mass is 16.7. The van der Waals surface area contributed by atoms with Crippen LogP contribution in [0.5, 0.6) is 0 Å². The average Bonchev–Trinajstić information content (AvgIpc) is 3.78. The van der Waals surface area contributed by atoms with Crippen molar-refractivity contribution in [3.05, 3.63) is 59.9 Å². The minimum Gasteiger partial charge on any atom is -0.445 e. The topological polar surface area (TPSA) is 313 Å². The number of imide groups is 1. The third-order valence-corrected chi connectivity index (χ3v) is 10.3. The molecule has 0 aliphatic carbocycles. The molecule has 9 N–H and O–H groups in total. The summed E-state index contributed by atoms with van der Waals surface area (Å²) < 4.78 is 7.52. The minimum atomic E-state index is -1.13. The lowest BCUT2D eigenvalue weighted by Crippen LogP contribution is -2.47. The number of para-hydroxylation sites is 1. The number of unbranched alkanes of at least 4 members (excludes halogenated alkanes) is 2. The highest BCUT2D eigenvalue weighted by molar-refractivity contribution is 6.06. The van der Waals surface area contributed by atoms with Crippen molar-refractivity contribution >= 4 is 81.1 Å². The number of nitrogens with zero attached hydrogens (tertiary/aromatic N) is 5. The van der Waals surface area contributed by atoms with Crippen LogP contribution in [0.2, 0.25) is 0 Å². The molecule has 5 rings (SSSR count). The number of benzene rings is 2. The van der Waals surface area contributed by atoms with E-state index in [4.69, 9.17) is 26.0 Å². The first-order chi connectivity index (χ1) is 31.4. The lowest BCUT2D eigenvalue weighted by Gasteiger charge is -2.24. The number of hydrogen-bond acceptors (Lipinski definition) is 14. The smallest absolute Gasteiger partial charge is 0.410 e. The Kier molecular flexibility index (Phi) is 17.3. The second-order valence-corrected chi connectivity index (χ2v) is 16.3. The van der Waals surface area contributed by atoms with Crippen LogP contribution in [-0.4, -0.2) is 109 Å². The van der Waals surface area contributed by atoms with Gasteiger partial charge in [-0.15, -0.1) is 5.06 Å². The Hall–Kier alpha value is -7.36.